The molecule has 0 bridgehead atoms. The van der Waals surface area contributed by atoms with Gasteiger partial charge in [-0.1, -0.05) is 13.8 Å². The molecule has 0 aliphatic rings. The van der Waals surface area contributed by atoms with Crippen LogP contribution in [0.4, 0.5) is 0 Å². The van der Waals surface area contributed by atoms with Crippen molar-refractivity contribution in [1.82, 2.24) is 0 Å². The molecule has 0 radical (unpaired) electrons. The van der Waals surface area contributed by atoms with Gasteiger partial charge in [-0.15, -0.1) is 0 Å². The van der Waals surface area contributed by atoms with Gasteiger partial charge in [-0.05, 0) is 19.3 Å². The van der Waals surface area contributed by atoms with Crippen LogP contribution in [0.2, 0.25) is 0 Å². The lowest BCUT2D eigenvalue weighted by Gasteiger charge is -2.13. The summed E-state index contributed by atoms with van der Waals surface area (Å²) in [5, 5.41) is 8.66. The van der Waals surface area contributed by atoms with Gasteiger partial charge >= 0.3 is 5.97 Å². The van der Waals surface area contributed by atoms with Crippen LogP contribution >= 0.6 is 0 Å². The first-order valence-electron chi connectivity index (χ1n) is 4.10. The summed E-state index contributed by atoms with van der Waals surface area (Å²) < 4.78 is 0. The maximum absolute atomic E-state index is 10.5. The van der Waals surface area contributed by atoms with Gasteiger partial charge in [-0.2, -0.15) is 0 Å². The highest BCUT2D eigenvalue weighted by Gasteiger charge is 2.17. The van der Waals surface area contributed by atoms with E-state index in [1.54, 1.807) is 0 Å². The highest BCUT2D eigenvalue weighted by Crippen LogP contribution is 2.11. The summed E-state index contributed by atoms with van der Waals surface area (Å²) in [6.45, 7) is 3.85. The molecule has 3 nitrogen and oxygen atoms in total. The number of carbonyl (C=O) groups is 1. The zero-order valence-electron chi connectivity index (χ0n) is 7.21. The average molecular weight is 159 g/mol. The van der Waals surface area contributed by atoms with Crippen LogP contribution < -0.4 is 5.73 Å². The highest BCUT2D eigenvalue weighted by molar-refractivity contribution is 5.69. The third kappa shape index (κ3) is 3.98. The second kappa shape index (κ2) is 5.13. The van der Waals surface area contributed by atoms with Crippen LogP contribution in [0, 0.1) is 5.92 Å². The van der Waals surface area contributed by atoms with Crippen molar-refractivity contribution in [2.45, 2.75) is 39.2 Å². The third-order valence-electron chi connectivity index (χ3n) is 1.95. The molecule has 0 amide bonds. The van der Waals surface area contributed by atoms with Gasteiger partial charge in [0, 0.05) is 6.04 Å². The first-order valence-corrected chi connectivity index (χ1v) is 4.10. The smallest absolute Gasteiger partial charge is 0.306 e. The zero-order chi connectivity index (χ0) is 8.85. The molecular formula is C8H17NO2. The number of hydrogen-bond acceptors (Lipinski definition) is 2. The standard InChI is InChI=1S/C8H17NO2/c1-3-6(8(10)11)5-7(9)4-2/h6-7H,3-5,9H2,1-2H3,(H,10,11). The Balaban J connectivity index is 3.77. The topological polar surface area (TPSA) is 63.3 Å². The molecule has 0 aromatic rings. The zero-order valence-corrected chi connectivity index (χ0v) is 7.21. The van der Waals surface area contributed by atoms with Crippen molar-refractivity contribution in [2.24, 2.45) is 11.7 Å². The summed E-state index contributed by atoms with van der Waals surface area (Å²) in [6, 6.07) is 0.0380. The second-order valence-corrected chi connectivity index (χ2v) is 2.85. The van der Waals surface area contributed by atoms with E-state index in [1.807, 2.05) is 13.8 Å². The second-order valence-electron chi connectivity index (χ2n) is 2.85. The van der Waals surface area contributed by atoms with Crippen molar-refractivity contribution < 1.29 is 9.90 Å². The van der Waals surface area contributed by atoms with E-state index in [1.165, 1.54) is 0 Å². The minimum Gasteiger partial charge on any atom is -0.481 e. The molecule has 0 saturated heterocycles. The van der Waals surface area contributed by atoms with Crippen LogP contribution in [0.15, 0.2) is 0 Å². The van der Waals surface area contributed by atoms with Crippen molar-refractivity contribution in [3.05, 3.63) is 0 Å². The predicted octanol–water partition coefficient (Wildman–Crippen LogP) is 1.22. The van der Waals surface area contributed by atoms with Gasteiger partial charge in [0.1, 0.15) is 0 Å². The van der Waals surface area contributed by atoms with Crippen molar-refractivity contribution in [1.29, 1.82) is 0 Å². The van der Waals surface area contributed by atoms with E-state index in [0.717, 1.165) is 6.42 Å². The Bertz CT molecular complexity index is 125. The largest absolute Gasteiger partial charge is 0.481 e. The number of carboxylic acid groups (broad SMARTS) is 1. The highest BCUT2D eigenvalue weighted by atomic mass is 16.4. The maximum atomic E-state index is 10.5. The number of carboxylic acids is 1. The van der Waals surface area contributed by atoms with Crippen molar-refractivity contribution >= 4 is 5.97 Å². The number of nitrogens with two attached hydrogens (primary N) is 1. The van der Waals surface area contributed by atoms with Crippen molar-refractivity contribution in [2.75, 3.05) is 0 Å². The minimum atomic E-state index is -0.726. The minimum absolute atomic E-state index is 0.0380. The molecule has 0 aromatic heterocycles. The van der Waals surface area contributed by atoms with Crippen molar-refractivity contribution in [3.8, 4) is 0 Å². The maximum Gasteiger partial charge on any atom is 0.306 e. The molecule has 3 N–H and O–H groups in total. The molecular weight excluding hydrogens is 142 g/mol. The molecule has 0 aliphatic heterocycles. The lowest BCUT2D eigenvalue weighted by atomic mass is 9.97. The molecule has 2 atom stereocenters. The van der Waals surface area contributed by atoms with E-state index in [-0.39, 0.29) is 12.0 Å². The number of hydrogen-bond donors (Lipinski definition) is 2. The van der Waals surface area contributed by atoms with Crippen LogP contribution in [-0.4, -0.2) is 17.1 Å². The van der Waals surface area contributed by atoms with Crippen LogP contribution in [0.25, 0.3) is 0 Å². The third-order valence-corrected chi connectivity index (χ3v) is 1.95. The fourth-order valence-corrected chi connectivity index (χ4v) is 0.974. The molecule has 0 spiro atoms. The van der Waals surface area contributed by atoms with Gasteiger partial charge in [0.15, 0.2) is 0 Å². The van der Waals surface area contributed by atoms with E-state index in [4.69, 9.17) is 10.8 Å². The SMILES string of the molecule is CCC(N)CC(CC)C(=O)O. The van der Waals surface area contributed by atoms with Crippen LogP contribution in [-0.2, 0) is 4.79 Å². The van der Waals surface area contributed by atoms with E-state index in [2.05, 4.69) is 0 Å². The Morgan fingerprint density at radius 2 is 2.00 bits per heavy atom. The van der Waals surface area contributed by atoms with Gasteiger partial charge in [-0.3, -0.25) is 4.79 Å². The lowest BCUT2D eigenvalue weighted by molar-refractivity contribution is -0.142. The molecule has 0 saturated carbocycles. The van der Waals surface area contributed by atoms with Gasteiger partial charge in [0.25, 0.3) is 0 Å². The molecule has 0 aromatic carbocycles. The Labute approximate surface area is 67.6 Å². The summed E-state index contributed by atoms with van der Waals surface area (Å²) in [4.78, 5) is 10.5. The van der Waals surface area contributed by atoms with Gasteiger partial charge in [0.05, 0.1) is 5.92 Å². The monoisotopic (exact) mass is 159 g/mol. The Morgan fingerprint density at radius 1 is 1.45 bits per heavy atom. The van der Waals surface area contributed by atoms with Crippen molar-refractivity contribution in [3.63, 3.8) is 0 Å². The Morgan fingerprint density at radius 3 is 2.27 bits per heavy atom. The average Bonchev–Trinajstić information content (AvgIpc) is 1.99. The van der Waals surface area contributed by atoms with E-state index >= 15 is 0 Å². The van der Waals surface area contributed by atoms with E-state index in [9.17, 15) is 4.79 Å². The van der Waals surface area contributed by atoms with Gasteiger partial charge < -0.3 is 10.8 Å². The van der Waals surface area contributed by atoms with E-state index < -0.39 is 5.97 Å². The van der Waals surface area contributed by atoms with E-state index in [0.29, 0.717) is 12.8 Å². The first-order chi connectivity index (χ1) is 5.11. The molecule has 0 heterocycles. The number of rotatable bonds is 5. The summed E-state index contributed by atoms with van der Waals surface area (Å²) in [6.07, 6.45) is 2.12. The van der Waals surface area contributed by atoms with Gasteiger partial charge in [-0.25, -0.2) is 0 Å². The normalized spacial score (nSPS) is 15.9. The van der Waals surface area contributed by atoms with Gasteiger partial charge in [0.2, 0.25) is 0 Å². The van der Waals surface area contributed by atoms with Crippen LogP contribution in [0.5, 0.6) is 0 Å². The summed E-state index contributed by atoms with van der Waals surface area (Å²) in [5.74, 6) is -0.985. The molecule has 2 unspecified atom stereocenters. The summed E-state index contributed by atoms with van der Waals surface area (Å²) in [5.41, 5.74) is 5.62. The molecule has 11 heavy (non-hydrogen) atoms. The molecule has 0 aliphatic carbocycles. The molecule has 66 valence electrons. The molecule has 3 heteroatoms. The quantitative estimate of drug-likeness (QED) is 0.634. The fourth-order valence-electron chi connectivity index (χ4n) is 0.974. The fraction of sp³-hybridized carbons (Fsp3) is 0.875. The summed E-state index contributed by atoms with van der Waals surface area (Å²) in [7, 11) is 0. The first kappa shape index (κ1) is 10.4. The molecule has 0 rings (SSSR count). The van der Waals surface area contributed by atoms with Crippen LogP contribution in [0.3, 0.4) is 0 Å². The van der Waals surface area contributed by atoms with Crippen LogP contribution in [0.1, 0.15) is 33.1 Å². The predicted molar refractivity (Wildman–Crippen MR) is 44.3 cm³/mol. The summed E-state index contributed by atoms with van der Waals surface area (Å²) >= 11 is 0. The Kier molecular flexibility index (Phi) is 4.86. The lowest BCUT2D eigenvalue weighted by Crippen LogP contribution is -2.26. The Hall–Kier alpha value is -0.570. The number of aliphatic carboxylic acids is 1. The molecule has 0 fully saturated rings.